The topological polar surface area (TPSA) is 105 Å². The number of carboxylic acids is 1. The summed E-state index contributed by atoms with van der Waals surface area (Å²) in [5, 5.41) is 12.3. The number of fused-ring (bicyclic) bond motifs is 3. The van der Waals surface area contributed by atoms with Crippen molar-refractivity contribution in [2.24, 2.45) is 5.92 Å². The maximum Gasteiger partial charge on any atom is 0.407 e. The van der Waals surface area contributed by atoms with Gasteiger partial charge < -0.3 is 19.9 Å². The zero-order valence-corrected chi connectivity index (χ0v) is 20.5. The molecule has 2 aliphatic rings. The predicted octanol–water partition coefficient (Wildman–Crippen LogP) is 3.99. The lowest BCUT2D eigenvalue weighted by molar-refractivity contribution is -0.157. The standard InChI is InChI=1S/C27H32N2O6/c1-16(2)13-22(24(30)29-23(25(31)32)15-35-27(29,3)4)28-26(33)34-14-21-19-11-7-5-9-17(19)18-10-6-8-12-20(18)21/h5-12,16,21-23H,13-15H2,1-4H3,(H,28,33)(H,31,32)/t22?,23-/m0/s1. The summed E-state index contributed by atoms with van der Waals surface area (Å²) in [5.74, 6) is -1.67. The first-order chi connectivity index (χ1) is 16.6. The number of hydrogen-bond acceptors (Lipinski definition) is 5. The number of rotatable bonds is 7. The van der Waals surface area contributed by atoms with Crippen molar-refractivity contribution in [3.63, 3.8) is 0 Å². The number of nitrogens with zero attached hydrogens (tertiary/aromatic N) is 1. The van der Waals surface area contributed by atoms with Gasteiger partial charge in [-0.2, -0.15) is 0 Å². The fraction of sp³-hybridized carbons (Fsp3) is 0.444. The molecule has 8 heteroatoms. The molecule has 1 aliphatic carbocycles. The van der Waals surface area contributed by atoms with Crippen LogP contribution in [0.3, 0.4) is 0 Å². The van der Waals surface area contributed by atoms with Crippen LogP contribution in [0.5, 0.6) is 0 Å². The summed E-state index contributed by atoms with van der Waals surface area (Å²) in [6.07, 6.45) is -0.377. The van der Waals surface area contributed by atoms with Crippen molar-refractivity contribution in [2.75, 3.05) is 13.2 Å². The van der Waals surface area contributed by atoms with Crippen LogP contribution in [-0.4, -0.2) is 59.0 Å². The Morgan fingerprint density at radius 3 is 2.20 bits per heavy atom. The average molecular weight is 481 g/mol. The number of carbonyl (C=O) groups is 3. The van der Waals surface area contributed by atoms with Crippen molar-refractivity contribution >= 4 is 18.0 Å². The SMILES string of the molecule is CC(C)CC(NC(=O)OCC1c2ccccc2-c2ccccc21)C(=O)N1[C@H](C(=O)O)COC1(C)C. The minimum Gasteiger partial charge on any atom is -0.480 e. The summed E-state index contributed by atoms with van der Waals surface area (Å²) < 4.78 is 11.2. The van der Waals surface area contributed by atoms with E-state index in [4.69, 9.17) is 9.47 Å². The van der Waals surface area contributed by atoms with Crippen LogP contribution in [0, 0.1) is 5.92 Å². The van der Waals surface area contributed by atoms with Gasteiger partial charge in [0, 0.05) is 5.92 Å². The van der Waals surface area contributed by atoms with E-state index < -0.39 is 35.8 Å². The third-order valence-corrected chi connectivity index (χ3v) is 6.65. The maximum atomic E-state index is 13.4. The maximum absolute atomic E-state index is 13.4. The van der Waals surface area contributed by atoms with Gasteiger partial charge in [0.15, 0.2) is 6.04 Å². The summed E-state index contributed by atoms with van der Waals surface area (Å²) in [7, 11) is 0. The molecule has 8 nitrogen and oxygen atoms in total. The average Bonchev–Trinajstić information content (AvgIpc) is 3.30. The van der Waals surface area contributed by atoms with Crippen LogP contribution in [0.15, 0.2) is 48.5 Å². The van der Waals surface area contributed by atoms with Crippen LogP contribution in [-0.2, 0) is 19.1 Å². The van der Waals surface area contributed by atoms with E-state index in [1.165, 1.54) is 4.90 Å². The second kappa shape index (κ2) is 9.70. The number of nitrogens with one attached hydrogen (secondary N) is 1. The Morgan fingerprint density at radius 1 is 1.09 bits per heavy atom. The minimum absolute atomic E-state index is 0.0766. The lowest BCUT2D eigenvalue weighted by atomic mass is 9.98. The molecule has 0 radical (unpaired) electrons. The third-order valence-electron chi connectivity index (χ3n) is 6.65. The lowest BCUT2D eigenvalue weighted by Crippen LogP contribution is -2.58. The molecule has 1 saturated heterocycles. The van der Waals surface area contributed by atoms with Gasteiger partial charge in [0.25, 0.3) is 0 Å². The molecule has 0 aromatic heterocycles. The van der Waals surface area contributed by atoms with Crippen LogP contribution in [0.2, 0.25) is 0 Å². The van der Waals surface area contributed by atoms with Crippen molar-refractivity contribution in [1.82, 2.24) is 10.2 Å². The zero-order chi connectivity index (χ0) is 25.3. The number of carbonyl (C=O) groups excluding carboxylic acids is 2. The number of ether oxygens (including phenoxy) is 2. The van der Waals surface area contributed by atoms with Gasteiger partial charge in [-0.05, 0) is 48.4 Å². The van der Waals surface area contributed by atoms with Crippen LogP contribution in [0.1, 0.15) is 51.2 Å². The lowest BCUT2D eigenvalue weighted by Gasteiger charge is -2.35. The molecule has 2 atom stereocenters. The fourth-order valence-corrected chi connectivity index (χ4v) is 5.05. The first-order valence-corrected chi connectivity index (χ1v) is 11.9. The molecule has 0 bridgehead atoms. The van der Waals surface area contributed by atoms with E-state index in [2.05, 4.69) is 17.4 Å². The summed E-state index contributed by atoms with van der Waals surface area (Å²) in [5.41, 5.74) is 3.34. The Hall–Kier alpha value is -3.39. The first-order valence-electron chi connectivity index (χ1n) is 11.9. The van der Waals surface area contributed by atoms with Crippen LogP contribution < -0.4 is 5.32 Å². The Morgan fingerprint density at radius 2 is 1.66 bits per heavy atom. The molecule has 2 N–H and O–H groups in total. The molecule has 186 valence electrons. The van der Waals surface area contributed by atoms with Gasteiger partial charge in [-0.15, -0.1) is 0 Å². The highest BCUT2D eigenvalue weighted by atomic mass is 16.6. The van der Waals surface area contributed by atoms with Gasteiger partial charge in [0.05, 0.1) is 6.61 Å². The Labute approximate surface area is 205 Å². The quantitative estimate of drug-likeness (QED) is 0.621. The molecule has 1 unspecified atom stereocenters. The van der Waals surface area contributed by atoms with Gasteiger partial charge in [-0.1, -0.05) is 62.4 Å². The number of hydrogen-bond donors (Lipinski definition) is 2. The summed E-state index contributed by atoms with van der Waals surface area (Å²) in [6, 6.07) is 14.0. The summed E-state index contributed by atoms with van der Waals surface area (Å²) in [6.45, 7) is 7.17. The number of carboxylic acid groups (broad SMARTS) is 1. The van der Waals surface area contributed by atoms with E-state index in [-0.39, 0.29) is 25.0 Å². The molecule has 2 amide bonds. The third kappa shape index (κ3) is 4.89. The molecule has 1 fully saturated rings. The zero-order valence-electron chi connectivity index (χ0n) is 20.5. The van der Waals surface area contributed by atoms with Crippen LogP contribution in [0.4, 0.5) is 4.79 Å². The van der Waals surface area contributed by atoms with Crippen LogP contribution >= 0.6 is 0 Å². The second-order valence-electron chi connectivity index (χ2n) is 9.97. The molecule has 0 spiro atoms. The molecular formula is C27H32N2O6. The number of amides is 2. The van der Waals surface area contributed by atoms with Crippen molar-refractivity contribution in [2.45, 2.75) is 57.8 Å². The highest BCUT2D eigenvalue weighted by Crippen LogP contribution is 2.44. The molecule has 4 rings (SSSR count). The molecule has 1 heterocycles. The number of alkyl carbamates (subject to hydrolysis) is 1. The molecule has 1 aliphatic heterocycles. The van der Waals surface area contributed by atoms with Gasteiger partial charge in [-0.3, -0.25) is 9.69 Å². The fourth-order valence-electron chi connectivity index (χ4n) is 5.05. The van der Waals surface area contributed by atoms with E-state index in [9.17, 15) is 19.5 Å². The Kier molecular flexibility index (Phi) is 6.85. The van der Waals surface area contributed by atoms with E-state index in [0.717, 1.165) is 22.3 Å². The van der Waals surface area contributed by atoms with Crippen molar-refractivity contribution in [3.05, 3.63) is 59.7 Å². The van der Waals surface area contributed by atoms with Crippen LogP contribution in [0.25, 0.3) is 11.1 Å². The summed E-state index contributed by atoms with van der Waals surface area (Å²) >= 11 is 0. The van der Waals surface area contributed by atoms with E-state index in [1.807, 2.05) is 50.2 Å². The van der Waals surface area contributed by atoms with Gasteiger partial charge in [0.1, 0.15) is 18.4 Å². The van der Waals surface area contributed by atoms with Crippen molar-refractivity contribution in [3.8, 4) is 11.1 Å². The van der Waals surface area contributed by atoms with E-state index in [0.29, 0.717) is 6.42 Å². The van der Waals surface area contributed by atoms with Crippen molar-refractivity contribution < 1.29 is 29.0 Å². The van der Waals surface area contributed by atoms with E-state index >= 15 is 0 Å². The highest BCUT2D eigenvalue weighted by Gasteiger charge is 2.49. The first kappa shape index (κ1) is 24.7. The minimum atomic E-state index is -1.15. The Bertz CT molecular complexity index is 1080. The summed E-state index contributed by atoms with van der Waals surface area (Å²) in [4.78, 5) is 39.3. The smallest absolute Gasteiger partial charge is 0.407 e. The highest BCUT2D eigenvalue weighted by molar-refractivity contribution is 5.90. The Balaban J connectivity index is 1.48. The molecule has 35 heavy (non-hydrogen) atoms. The normalized spacial score (nSPS) is 19.2. The molecule has 0 saturated carbocycles. The second-order valence-corrected chi connectivity index (χ2v) is 9.97. The molecular weight excluding hydrogens is 448 g/mol. The molecule has 2 aromatic carbocycles. The number of aliphatic carboxylic acids is 1. The van der Waals surface area contributed by atoms with Crippen molar-refractivity contribution in [1.29, 1.82) is 0 Å². The molecule has 2 aromatic rings. The van der Waals surface area contributed by atoms with Gasteiger partial charge >= 0.3 is 12.1 Å². The predicted molar refractivity (Wildman–Crippen MR) is 130 cm³/mol. The van der Waals surface area contributed by atoms with Gasteiger partial charge in [0.2, 0.25) is 5.91 Å². The number of benzene rings is 2. The largest absolute Gasteiger partial charge is 0.480 e. The van der Waals surface area contributed by atoms with E-state index in [1.54, 1.807) is 13.8 Å². The monoisotopic (exact) mass is 480 g/mol. The van der Waals surface area contributed by atoms with Gasteiger partial charge in [-0.25, -0.2) is 9.59 Å².